The molecule has 0 fully saturated rings. The molecule has 0 amide bonds. The molecule has 0 atom stereocenters. The Morgan fingerprint density at radius 1 is 0.273 bits per heavy atom. The quantitative estimate of drug-likeness (QED) is 0.0752. The van der Waals surface area contributed by atoms with Crippen LogP contribution in [0.3, 0.4) is 0 Å². The van der Waals surface area contributed by atoms with Crippen LogP contribution in [0.1, 0.15) is 24.0 Å². The summed E-state index contributed by atoms with van der Waals surface area (Å²) in [6.45, 7) is 0. The molecule has 12 heteroatoms. The molecular formula is C54H52Br2Cl6Mn2P2. The first-order valence-corrected chi connectivity index (χ1v) is 40.6. The fourth-order valence-electron chi connectivity index (χ4n) is 8.09. The minimum absolute atomic E-state index is 1.12. The summed E-state index contributed by atoms with van der Waals surface area (Å²) in [4.78, 5) is 0. The molecule has 348 valence electrons. The van der Waals surface area contributed by atoms with Gasteiger partial charge in [0.05, 0.1) is 12.3 Å². The first-order chi connectivity index (χ1) is 31.8. The van der Waals surface area contributed by atoms with E-state index in [1.54, 1.807) is 0 Å². The first-order valence-electron chi connectivity index (χ1n) is 21.1. The van der Waals surface area contributed by atoms with Crippen molar-refractivity contribution < 1.29 is 16.6 Å². The summed E-state index contributed by atoms with van der Waals surface area (Å²) in [5.41, 5.74) is 2.85. The van der Waals surface area contributed by atoms with Gasteiger partial charge in [0.1, 0.15) is 46.4 Å². The van der Waals surface area contributed by atoms with Gasteiger partial charge in [-0.3, -0.25) is 0 Å². The number of hydrogen-bond acceptors (Lipinski definition) is 0. The second-order valence-electron chi connectivity index (χ2n) is 14.9. The van der Waals surface area contributed by atoms with E-state index in [1.165, 1.54) is 68.1 Å². The largest absolute Gasteiger partial charge is 0.112 e. The molecule has 0 aliphatic carbocycles. The molecule has 0 N–H and O–H groups in total. The maximum atomic E-state index is 5.12. The van der Waals surface area contributed by atoms with E-state index in [4.69, 9.17) is 60.6 Å². The van der Waals surface area contributed by atoms with Gasteiger partial charge in [-0.15, -0.1) is 0 Å². The molecule has 0 aliphatic rings. The van der Waals surface area contributed by atoms with Crippen molar-refractivity contribution in [2.24, 2.45) is 0 Å². The van der Waals surface area contributed by atoms with Gasteiger partial charge >= 0.3 is 105 Å². The summed E-state index contributed by atoms with van der Waals surface area (Å²) < 4.78 is 0. The Balaban J connectivity index is 0.000000206. The minimum Gasteiger partial charge on any atom is -0.0622 e. The minimum atomic E-state index is -2.40. The topological polar surface area (TPSA) is 0 Å². The van der Waals surface area contributed by atoms with E-state index in [9.17, 15) is 0 Å². The monoisotopic (exact) mass is 1240 g/mol. The van der Waals surface area contributed by atoms with Crippen molar-refractivity contribution in [3.05, 3.63) is 254 Å². The maximum absolute atomic E-state index is 5.12. The number of hydrogen-bond donors (Lipinski definition) is 0. The number of aryl methyl sites for hydroxylation is 2. The molecule has 8 rings (SSSR count). The van der Waals surface area contributed by atoms with Gasteiger partial charge in [-0.1, -0.05) is 170 Å². The standard InChI is InChI=1S/2C27H26P.2BrH.6ClH.2Mn/c2*1-5-14-24(15-6-1)16-13-23-28(25-17-7-2-8-18-25,26-19-9-3-10-20-26)27-21-11-4-12-22-27;;;;;;;;;;/h2*1-12,14-15,17-22H,13,16,23H2;8*1H;;/q2*+1;;;;;;;;;2*+3/p-8. The van der Waals surface area contributed by atoms with Gasteiger partial charge < -0.3 is 0 Å². The fraction of sp³-hybridized carbons (Fsp3) is 0.111. The zero-order chi connectivity index (χ0) is 47.1. The van der Waals surface area contributed by atoms with Crippen LogP contribution in [0.15, 0.2) is 243 Å². The summed E-state index contributed by atoms with van der Waals surface area (Å²) in [5, 5.41) is 8.84. The van der Waals surface area contributed by atoms with E-state index in [-0.39, 0.29) is 0 Å². The third-order valence-corrected chi connectivity index (χ3v) is 19.8. The molecule has 0 radical (unpaired) electrons. The van der Waals surface area contributed by atoms with Crippen molar-refractivity contribution in [1.82, 2.24) is 0 Å². The Morgan fingerprint density at radius 2 is 0.424 bits per heavy atom. The molecule has 0 saturated carbocycles. The van der Waals surface area contributed by atoms with Gasteiger partial charge in [-0.05, 0) is 110 Å². The molecule has 0 aliphatic heterocycles. The molecule has 66 heavy (non-hydrogen) atoms. The Morgan fingerprint density at radius 3 is 0.591 bits per heavy atom. The van der Waals surface area contributed by atoms with E-state index >= 15 is 0 Å². The summed E-state index contributed by atoms with van der Waals surface area (Å²) >= 11 is 5.62. The maximum Gasteiger partial charge on any atom is 0.112 e. The van der Waals surface area contributed by atoms with Crippen LogP contribution >= 0.6 is 103 Å². The number of benzene rings is 8. The second kappa shape index (κ2) is 28.9. The first kappa shape index (κ1) is 55.3. The summed E-state index contributed by atoms with van der Waals surface area (Å²) in [6.07, 6.45) is 6.96. The van der Waals surface area contributed by atoms with Gasteiger partial charge in [0.2, 0.25) is 0 Å². The summed E-state index contributed by atoms with van der Waals surface area (Å²) in [5.74, 6) is 0. The van der Waals surface area contributed by atoms with Crippen LogP contribution in [0.4, 0.5) is 0 Å². The van der Waals surface area contributed by atoms with Crippen LogP contribution in [0.25, 0.3) is 0 Å². The van der Waals surface area contributed by atoms with E-state index in [0.717, 1.165) is 12.8 Å². The van der Waals surface area contributed by atoms with Gasteiger partial charge in [0.15, 0.2) is 0 Å². The molecule has 0 bridgehead atoms. The molecule has 0 aromatic heterocycles. The Hall–Kier alpha value is -1.64. The molecular weight excluding hydrogens is 1190 g/mol. The third kappa shape index (κ3) is 18.6. The van der Waals surface area contributed by atoms with Crippen LogP contribution in [-0.2, 0) is 29.4 Å². The van der Waals surface area contributed by atoms with Crippen LogP contribution in [0, 0.1) is 0 Å². The second-order valence-corrected chi connectivity index (χ2v) is 54.3. The normalized spacial score (nSPS) is 11.9. The van der Waals surface area contributed by atoms with Gasteiger partial charge in [-0.25, -0.2) is 0 Å². The molecule has 0 nitrogen and oxygen atoms in total. The van der Waals surface area contributed by atoms with Gasteiger partial charge in [0, 0.05) is 0 Å². The number of rotatable bonds is 14. The van der Waals surface area contributed by atoms with Crippen molar-refractivity contribution in [3.8, 4) is 0 Å². The summed E-state index contributed by atoms with van der Waals surface area (Å²) in [6, 6.07) is 88.7. The third-order valence-electron chi connectivity index (χ3n) is 10.8. The molecule has 8 aromatic carbocycles. The van der Waals surface area contributed by atoms with Gasteiger partial charge in [-0.2, -0.15) is 0 Å². The predicted octanol–water partition coefficient (Wildman–Crippen LogP) is 17.0. The van der Waals surface area contributed by atoms with Crippen molar-refractivity contribution >= 4 is 135 Å². The average Bonchev–Trinajstić information content (AvgIpc) is 3.33. The zero-order valence-electron chi connectivity index (χ0n) is 36.0. The van der Waals surface area contributed by atoms with Crippen molar-refractivity contribution in [3.63, 3.8) is 0 Å². The summed E-state index contributed by atoms with van der Waals surface area (Å²) in [7, 11) is 22.5. The SMILES string of the molecule is [Cl][Mn-]([Cl])([Cl])[Br].[Cl][Mn-]([Cl])([Cl])[Br].c1ccc(CCC[P+](c2ccccc2)(c2ccccc2)c2ccccc2)cc1.c1ccc(CCC[P+](c2ccccc2)(c2ccccc2)c2ccccc2)cc1. The Labute approximate surface area is 438 Å². The van der Waals surface area contributed by atoms with E-state index in [2.05, 4.69) is 271 Å². The average molecular weight is 1250 g/mol. The predicted molar refractivity (Wildman–Crippen MR) is 303 cm³/mol. The van der Waals surface area contributed by atoms with Gasteiger partial charge in [0.25, 0.3) is 0 Å². The Bertz CT molecular complexity index is 2130. The van der Waals surface area contributed by atoms with Crippen LogP contribution in [0.5, 0.6) is 0 Å². The Kier molecular flexibility index (Phi) is 24.2. The van der Waals surface area contributed by atoms with Crippen molar-refractivity contribution in [2.75, 3.05) is 12.3 Å². The zero-order valence-corrected chi connectivity index (χ0v) is 47.9. The van der Waals surface area contributed by atoms with E-state index in [0.29, 0.717) is 0 Å². The van der Waals surface area contributed by atoms with Crippen LogP contribution in [-0.4, -0.2) is 12.3 Å². The molecule has 0 unspecified atom stereocenters. The van der Waals surface area contributed by atoms with Crippen LogP contribution in [0.2, 0.25) is 0 Å². The molecule has 8 aromatic rings. The fourth-order valence-corrected chi connectivity index (χ4v) is 16.8. The molecule has 0 heterocycles. The van der Waals surface area contributed by atoms with E-state index in [1.807, 2.05) is 0 Å². The van der Waals surface area contributed by atoms with Crippen molar-refractivity contribution in [2.45, 2.75) is 25.7 Å². The smallest absolute Gasteiger partial charge is 0.0622 e. The molecule has 0 spiro atoms. The van der Waals surface area contributed by atoms with Crippen LogP contribution < -0.4 is 31.8 Å². The molecule has 0 saturated heterocycles. The van der Waals surface area contributed by atoms with E-state index < -0.39 is 31.1 Å². The van der Waals surface area contributed by atoms with Crippen molar-refractivity contribution in [1.29, 1.82) is 0 Å². The number of halogens is 8.